The van der Waals surface area contributed by atoms with Crippen molar-refractivity contribution in [3.63, 3.8) is 0 Å². The average molecular weight is 725 g/mol. The maximum Gasteiger partial charge on any atom is 0.306 e. The number of nitrogens with zero attached hydrogens (tertiary/aromatic N) is 1. The van der Waals surface area contributed by atoms with Crippen molar-refractivity contribution in [2.24, 2.45) is 0 Å². The number of pyridine rings is 1. The molecule has 0 unspecified atom stereocenters. The van der Waals surface area contributed by atoms with Crippen LogP contribution in [0.1, 0.15) is 217 Å². The molecule has 52 heavy (non-hydrogen) atoms. The number of allylic oxidation sites excluding steroid dienone is 4. The summed E-state index contributed by atoms with van der Waals surface area (Å²) in [5, 5.41) is 0. The molecule has 0 amide bonds. The summed E-state index contributed by atoms with van der Waals surface area (Å²) in [6.07, 6.45) is 42.4. The summed E-state index contributed by atoms with van der Waals surface area (Å²) in [7, 11) is 0. The summed E-state index contributed by atoms with van der Waals surface area (Å²) >= 11 is 0. The summed E-state index contributed by atoms with van der Waals surface area (Å²) < 4.78 is 13.7. The first kappa shape index (κ1) is 47.6. The van der Waals surface area contributed by atoms with Crippen LogP contribution in [0.2, 0.25) is 0 Å². The predicted molar refractivity (Wildman–Crippen MR) is 221 cm³/mol. The van der Waals surface area contributed by atoms with E-state index in [-0.39, 0.29) is 31.2 Å². The highest BCUT2D eigenvalue weighted by atomic mass is 16.5. The maximum atomic E-state index is 12.7. The molecule has 0 aromatic carbocycles. The lowest BCUT2D eigenvalue weighted by Crippen LogP contribution is -2.50. The second-order valence-electron chi connectivity index (χ2n) is 15.4. The van der Waals surface area contributed by atoms with Gasteiger partial charge in [-0.2, -0.15) is 4.57 Å². The van der Waals surface area contributed by atoms with Gasteiger partial charge in [0.05, 0.1) is 0 Å². The number of hydrogen-bond donors (Lipinski definition) is 0. The average Bonchev–Trinajstić information content (AvgIpc) is 3.12. The van der Waals surface area contributed by atoms with Crippen LogP contribution < -0.4 is 4.57 Å². The van der Waals surface area contributed by atoms with Crippen molar-refractivity contribution in [2.45, 2.75) is 220 Å². The van der Waals surface area contributed by atoms with E-state index in [1.807, 2.05) is 0 Å². The Hall–Kier alpha value is -2.43. The van der Waals surface area contributed by atoms with Crippen LogP contribution in [-0.2, 0) is 19.1 Å². The third-order valence-electron chi connectivity index (χ3n) is 10.2. The fourth-order valence-electron chi connectivity index (χ4n) is 7.09. The first-order valence-corrected chi connectivity index (χ1v) is 22.0. The highest BCUT2D eigenvalue weighted by Crippen LogP contribution is 2.14. The van der Waals surface area contributed by atoms with Crippen molar-refractivity contribution < 1.29 is 23.6 Å². The molecule has 0 N–H and O–H groups in total. The number of aromatic nitrogens is 1. The van der Waals surface area contributed by atoms with Crippen LogP contribution >= 0.6 is 0 Å². The minimum Gasteiger partial charge on any atom is -0.458 e. The molecule has 1 heterocycles. The molecule has 5 nitrogen and oxygen atoms in total. The highest BCUT2D eigenvalue weighted by molar-refractivity contribution is 5.69. The molecular formula is C47H82NO4+. The molecule has 5 heteroatoms. The molecule has 0 aliphatic carbocycles. The van der Waals surface area contributed by atoms with Gasteiger partial charge >= 0.3 is 11.9 Å². The maximum absolute atomic E-state index is 12.7. The van der Waals surface area contributed by atoms with E-state index >= 15 is 0 Å². The Morgan fingerprint density at radius 1 is 0.500 bits per heavy atom. The zero-order valence-electron chi connectivity index (χ0n) is 34.8. The monoisotopic (exact) mass is 725 g/mol. The lowest BCUT2D eigenvalue weighted by Gasteiger charge is -2.17. The van der Waals surface area contributed by atoms with Crippen LogP contribution in [0.4, 0.5) is 0 Å². The quantitative estimate of drug-likeness (QED) is 0.0303. The van der Waals surface area contributed by atoms with E-state index in [1.54, 1.807) is 0 Å². The molecule has 1 aromatic rings. The molecule has 0 saturated carbocycles. The molecule has 0 atom stereocenters. The van der Waals surface area contributed by atoms with E-state index in [4.69, 9.17) is 9.47 Å². The summed E-state index contributed by atoms with van der Waals surface area (Å²) in [6, 6.07) is 4.01. The fourth-order valence-corrected chi connectivity index (χ4v) is 7.09. The number of esters is 2. The van der Waals surface area contributed by atoms with Crippen molar-refractivity contribution in [2.75, 3.05) is 13.2 Å². The van der Waals surface area contributed by atoms with Gasteiger partial charge in [0, 0.05) is 38.8 Å². The Labute approximate surface area is 321 Å². The predicted octanol–water partition coefficient (Wildman–Crippen LogP) is 13.6. The Balaban J connectivity index is 2.27. The van der Waals surface area contributed by atoms with E-state index in [0.29, 0.717) is 12.8 Å². The zero-order valence-corrected chi connectivity index (χ0v) is 34.8. The van der Waals surface area contributed by atoms with E-state index in [1.165, 1.54) is 121 Å². The number of rotatable bonds is 35. The summed E-state index contributed by atoms with van der Waals surface area (Å²) in [5.74, 6) is -0.324. The van der Waals surface area contributed by atoms with Crippen molar-refractivity contribution in [1.82, 2.24) is 0 Å². The van der Waals surface area contributed by atoms with Crippen LogP contribution in [-0.4, -0.2) is 25.2 Å². The van der Waals surface area contributed by atoms with E-state index in [2.05, 4.69) is 75.6 Å². The van der Waals surface area contributed by atoms with Gasteiger partial charge in [-0.3, -0.25) is 9.59 Å². The summed E-state index contributed by atoms with van der Waals surface area (Å²) in [5.41, 5.74) is 3.33. The third-order valence-corrected chi connectivity index (χ3v) is 10.2. The molecule has 0 fully saturated rings. The van der Waals surface area contributed by atoms with E-state index in [0.717, 1.165) is 62.8 Å². The molecule has 0 aliphatic rings. The first-order chi connectivity index (χ1) is 25.4. The SMILES string of the molecule is CCCCCCCC/C=C\CCCCCCCC(=O)OCC(COC(=O)CCCCCCC/C=C\CCCCCCCC)[n+]1c(C)cc(C)cc1C. The van der Waals surface area contributed by atoms with Gasteiger partial charge in [-0.25, -0.2) is 0 Å². The zero-order chi connectivity index (χ0) is 37.9. The molecule has 0 saturated heterocycles. The van der Waals surface area contributed by atoms with Gasteiger partial charge < -0.3 is 9.47 Å². The van der Waals surface area contributed by atoms with Gasteiger partial charge in [-0.05, 0) is 76.7 Å². The molecule has 1 aromatic heterocycles. The minimum atomic E-state index is -0.239. The van der Waals surface area contributed by atoms with Crippen molar-refractivity contribution >= 4 is 11.9 Å². The highest BCUT2D eigenvalue weighted by Gasteiger charge is 2.27. The lowest BCUT2D eigenvalue weighted by molar-refractivity contribution is -0.736. The van der Waals surface area contributed by atoms with Gasteiger partial charge in [0.1, 0.15) is 0 Å². The van der Waals surface area contributed by atoms with Gasteiger partial charge in [0.2, 0.25) is 6.04 Å². The van der Waals surface area contributed by atoms with E-state index < -0.39 is 0 Å². The number of ether oxygens (including phenoxy) is 2. The number of carbonyl (C=O) groups is 2. The van der Waals surface area contributed by atoms with Gasteiger partial charge in [0.15, 0.2) is 24.6 Å². The Morgan fingerprint density at radius 3 is 1.15 bits per heavy atom. The third kappa shape index (κ3) is 27.2. The van der Waals surface area contributed by atoms with Gasteiger partial charge in [-0.1, -0.05) is 141 Å². The molecule has 1 rings (SSSR count). The molecular weight excluding hydrogens is 643 g/mol. The largest absolute Gasteiger partial charge is 0.458 e. The molecule has 0 spiro atoms. The fraction of sp³-hybridized carbons (Fsp3) is 0.766. The normalized spacial score (nSPS) is 11.7. The second kappa shape index (κ2) is 34.3. The molecule has 298 valence electrons. The minimum absolute atomic E-state index is 0.162. The summed E-state index contributed by atoms with van der Waals surface area (Å²) in [6.45, 7) is 11.2. The number of aryl methyl sites for hydroxylation is 3. The molecule has 0 aliphatic heterocycles. The van der Waals surface area contributed by atoms with Crippen molar-refractivity contribution in [3.8, 4) is 0 Å². The Kier molecular flexibility index (Phi) is 31.4. The van der Waals surface area contributed by atoms with Gasteiger partial charge in [-0.15, -0.1) is 0 Å². The Morgan fingerprint density at radius 2 is 0.808 bits per heavy atom. The number of hydrogen-bond acceptors (Lipinski definition) is 4. The topological polar surface area (TPSA) is 56.5 Å². The van der Waals surface area contributed by atoms with Crippen molar-refractivity contribution in [3.05, 3.63) is 53.4 Å². The standard InChI is InChI=1S/C47H82NO4/c1-6-8-10-12-14-16-18-20-22-24-26-28-30-32-34-36-46(49)51-40-45(48-43(4)38-42(3)39-44(48)5)41-52-47(50)37-35-33-31-29-27-25-23-21-19-17-15-13-11-9-7-2/h20-23,38-39,45H,6-19,24-37,40-41H2,1-5H3/q+1/b22-20-,23-21-. The van der Waals surface area contributed by atoms with Crippen LogP contribution in [0.3, 0.4) is 0 Å². The lowest BCUT2D eigenvalue weighted by atomic mass is 10.1. The van der Waals surface area contributed by atoms with Crippen LogP contribution in [0.5, 0.6) is 0 Å². The number of unbranched alkanes of at least 4 members (excludes halogenated alkanes) is 22. The molecule has 0 bridgehead atoms. The second-order valence-corrected chi connectivity index (χ2v) is 15.4. The van der Waals surface area contributed by atoms with Crippen molar-refractivity contribution in [1.29, 1.82) is 0 Å². The van der Waals surface area contributed by atoms with Crippen LogP contribution in [0, 0.1) is 20.8 Å². The summed E-state index contributed by atoms with van der Waals surface area (Å²) in [4.78, 5) is 25.4. The molecule has 0 radical (unpaired) electrons. The van der Waals surface area contributed by atoms with Gasteiger partial charge in [0.25, 0.3) is 0 Å². The first-order valence-electron chi connectivity index (χ1n) is 22.0. The van der Waals surface area contributed by atoms with E-state index in [9.17, 15) is 9.59 Å². The smallest absolute Gasteiger partial charge is 0.306 e. The van der Waals surface area contributed by atoms with Crippen LogP contribution in [0.25, 0.3) is 0 Å². The number of carbonyl (C=O) groups excluding carboxylic acids is 2. The Bertz CT molecular complexity index is 998. The van der Waals surface area contributed by atoms with Crippen LogP contribution in [0.15, 0.2) is 36.4 Å².